The minimum absolute atomic E-state index is 0.191. The molecule has 1 amide bonds. The molecule has 4 rings (SSSR count). The predicted octanol–water partition coefficient (Wildman–Crippen LogP) is 2.17. The molecule has 1 saturated heterocycles. The maximum Gasteiger partial charge on any atom is 0.293 e. The number of nitrogens with one attached hydrogen (secondary N) is 2. The molecule has 1 unspecified atom stereocenters. The van der Waals surface area contributed by atoms with E-state index in [1.807, 2.05) is 36.4 Å². The maximum atomic E-state index is 11.8. The molecule has 0 radical (unpaired) electrons. The Bertz CT molecular complexity index is 1300. The molecule has 8 heteroatoms. The summed E-state index contributed by atoms with van der Waals surface area (Å²) >= 11 is 0. The highest BCUT2D eigenvalue weighted by Crippen LogP contribution is 2.24. The summed E-state index contributed by atoms with van der Waals surface area (Å²) in [5.74, 6) is 5.42. The molecule has 0 bridgehead atoms. The van der Waals surface area contributed by atoms with Crippen LogP contribution in [0.15, 0.2) is 59.7 Å². The van der Waals surface area contributed by atoms with Crippen molar-refractivity contribution in [3.63, 3.8) is 0 Å². The van der Waals surface area contributed by atoms with E-state index in [-0.39, 0.29) is 24.1 Å². The van der Waals surface area contributed by atoms with Crippen molar-refractivity contribution in [3.8, 4) is 17.6 Å². The number of methoxy groups -OCH3 is 1. The number of hydrogen-bond donors (Lipinski definition) is 3. The van der Waals surface area contributed by atoms with Crippen molar-refractivity contribution in [3.05, 3.63) is 93.2 Å². The second-order valence-corrected chi connectivity index (χ2v) is 9.00. The molecule has 1 aliphatic heterocycles. The number of aromatic amines is 1. The number of aromatic nitrogens is 2. The Morgan fingerprint density at radius 2 is 1.75 bits per heavy atom. The Morgan fingerprint density at radius 3 is 2.33 bits per heavy atom. The molecular formula is C28H30N4O4. The SMILES string of the molecule is COC1CN(Cc2ccc(C#Cc3ccc(CC(CNC(C)=O)c4nc[nH]c(=O)c4O)cc3)cc2)C1. The monoisotopic (exact) mass is 486 g/mol. The van der Waals surface area contributed by atoms with Gasteiger partial charge in [-0.05, 0) is 41.8 Å². The zero-order valence-corrected chi connectivity index (χ0v) is 20.5. The van der Waals surface area contributed by atoms with Crippen molar-refractivity contribution in [2.24, 2.45) is 0 Å². The number of carbonyl (C=O) groups is 1. The number of amides is 1. The highest BCUT2D eigenvalue weighted by atomic mass is 16.5. The van der Waals surface area contributed by atoms with Gasteiger partial charge in [0.25, 0.3) is 5.56 Å². The summed E-state index contributed by atoms with van der Waals surface area (Å²) in [4.78, 5) is 32.1. The number of likely N-dealkylation sites (tertiary alicyclic amines) is 1. The molecule has 1 atom stereocenters. The summed E-state index contributed by atoms with van der Waals surface area (Å²) < 4.78 is 5.32. The highest BCUT2D eigenvalue weighted by molar-refractivity contribution is 5.72. The second-order valence-electron chi connectivity index (χ2n) is 9.00. The highest BCUT2D eigenvalue weighted by Gasteiger charge is 2.25. The third-order valence-corrected chi connectivity index (χ3v) is 6.25. The lowest BCUT2D eigenvalue weighted by atomic mass is 9.94. The number of ether oxygens (including phenoxy) is 1. The van der Waals surface area contributed by atoms with Crippen LogP contribution in [0.5, 0.6) is 5.75 Å². The lowest BCUT2D eigenvalue weighted by Gasteiger charge is -2.38. The van der Waals surface area contributed by atoms with Crippen LogP contribution in [0, 0.1) is 11.8 Å². The van der Waals surface area contributed by atoms with Gasteiger partial charge >= 0.3 is 0 Å². The minimum Gasteiger partial charge on any atom is -0.502 e. The van der Waals surface area contributed by atoms with Gasteiger partial charge in [-0.1, -0.05) is 36.1 Å². The van der Waals surface area contributed by atoms with Gasteiger partial charge in [-0.3, -0.25) is 14.5 Å². The van der Waals surface area contributed by atoms with Gasteiger partial charge in [0, 0.05) is 57.3 Å². The van der Waals surface area contributed by atoms with Crippen LogP contribution in [0.1, 0.15) is 40.8 Å². The molecule has 186 valence electrons. The third-order valence-electron chi connectivity index (χ3n) is 6.25. The predicted molar refractivity (Wildman–Crippen MR) is 137 cm³/mol. The first-order chi connectivity index (χ1) is 17.4. The third kappa shape index (κ3) is 6.60. The average molecular weight is 487 g/mol. The quantitative estimate of drug-likeness (QED) is 0.421. The van der Waals surface area contributed by atoms with E-state index in [1.165, 1.54) is 18.8 Å². The van der Waals surface area contributed by atoms with Crippen LogP contribution >= 0.6 is 0 Å². The van der Waals surface area contributed by atoms with Crippen LogP contribution in [0.3, 0.4) is 0 Å². The molecule has 36 heavy (non-hydrogen) atoms. The first-order valence-corrected chi connectivity index (χ1v) is 11.9. The van der Waals surface area contributed by atoms with Gasteiger partial charge in [0.2, 0.25) is 11.7 Å². The Hall–Kier alpha value is -3.93. The van der Waals surface area contributed by atoms with Gasteiger partial charge in [-0.2, -0.15) is 0 Å². The average Bonchev–Trinajstić information content (AvgIpc) is 2.85. The Balaban J connectivity index is 1.39. The summed E-state index contributed by atoms with van der Waals surface area (Å²) in [5.41, 5.74) is 3.72. The van der Waals surface area contributed by atoms with Gasteiger partial charge < -0.3 is 20.1 Å². The zero-order chi connectivity index (χ0) is 25.5. The van der Waals surface area contributed by atoms with Crippen molar-refractivity contribution in [2.45, 2.75) is 31.9 Å². The standard InChI is InChI=1S/C28H30N4O4/c1-19(33)29-14-24(26-27(34)28(35)31-18-30-26)13-22-9-5-20(6-10-22)3-4-21-7-11-23(12-8-21)15-32-16-25(17-32)36-2/h5-12,18,24-25,34H,13-17H2,1-2H3,(H,29,33)(H,30,31,35). The molecule has 2 heterocycles. The van der Waals surface area contributed by atoms with Crippen LogP contribution in [-0.4, -0.2) is 58.7 Å². The first-order valence-electron chi connectivity index (χ1n) is 11.9. The minimum atomic E-state index is -0.605. The van der Waals surface area contributed by atoms with Crippen LogP contribution in [0.25, 0.3) is 0 Å². The molecule has 3 N–H and O–H groups in total. The normalized spacial score (nSPS) is 14.4. The maximum absolute atomic E-state index is 11.8. The molecule has 8 nitrogen and oxygen atoms in total. The molecule has 3 aromatic rings. The van der Waals surface area contributed by atoms with Crippen LogP contribution in [-0.2, 0) is 22.5 Å². The Morgan fingerprint density at radius 1 is 1.14 bits per heavy atom. The van der Waals surface area contributed by atoms with Crippen molar-refractivity contribution in [1.29, 1.82) is 0 Å². The van der Waals surface area contributed by atoms with Gasteiger partial charge in [0.05, 0.1) is 18.1 Å². The summed E-state index contributed by atoms with van der Waals surface area (Å²) in [6.07, 6.45) is 2.10. The van der Waals surface area contributed by atoms with Crippen LogP contribution < -0.4 is 10.9 Å². The van der Waals surface area contributed by atoms with Crippen LogP contribution in [0.2, 0.25) is 0 Å². The van der Waals surface area contributed by atoms with E-state index in [4.69, 9.17) is 4.74 Å². The summed E-state index contributed by atoms with van der Waals surface area (Å²) in [6, 6.07) is 16.1. The second kappa shape index (κ2) is 11.7. The Kier molecular flexibility index (Phi) is 8.16. The topological polar surface area (TPSA) is 108 Å². The molecule has 2 aromatic carbocycles. The fraction of sp³-hybridized carbons (Fsp3) is 0.321. The lowest BCUT2D eigenvalue weighted by molar-refractivity contribution is -0.119. The smallest absolute Gasteiger partial charge is 0.293 e. The molecule has 1 aliphatic rings. The van der Waals surface area contributed by atoms with E-state index < -0.39 is 11.3 Å². The van der Waals surface area contributed by atoms with Crippen molar-refractivity contribution in [2.75, 3.05) is 26.7 Å². The summed E-state index contributed by atoms with van der Waals surface area (Å²) in [7, 11) is 1.76. The van der Waals surface area contributed by atoms with Crippen molar-refractivity contribution < 1.29 is 14.6 Å². The summed E-state index contributed by atoms with van der Waals surface area (Å²) in [5, 5.41) is 12.9. The molecule has 1 fully saturated rings. The fourth-order valence-electron chi connectivity index (χ4n) is 4.14. The lowest BCUT2D eigenvalue weighted by Crippen LogP contribution is -2.50. The number of carbonyl (C=O) groups excluding carboxylic acids is 1. The van der Waals surface area contributed by atoms with E-state index in [2.05, 4.69) is 44.2 Å². The van der Waals surface area contributed by atoms with E-state index in [1.54, 1.807) is 7.11 Å². The molecule has 0 spiro atoms. The number of H-pyrrole nitrogens is 1. The largest absolute Gasteiger partial charge is 0.502 e. The number of aromatic hydroxyl groups is 1. The number of benzene rings is 2. The molecule has 0 aliphatic carbocycles. The molecule has 1 aromatic heterocycles. The number of hydrogen-bond acceptors (Lipinski definition) is 6. The summed E-state index contributed by atoms with van der Waals surface area (Å²) in [6.45, 7) is 4.55. The van der Waals surface area contributed by atoms with Crippen LogP contribution in [0.4, 0.5) is 0 Å². The fourth-order valence-corrected chi connectivity index (χ4v) is 4.14. The first kappa shape index (κ1) is 25.2. The number of rotatable bonds is 8. The van der Waals surface area contributed by atoms with Crippen molar-refractivity contribution in [1.82, 2.24) is 20.2 Å². The molecular weight excluding hydrogens is 456 g/mol. The number of nitrogens with zero attached hydrogens (tertiary/aromatic N) is 2. The van der Waals surface area contributed by atoms with E-state index in [0.717, 1.165) is 36.3 Å². The van der Waals surface area contributed by atoms with Gasteiger partial charge in [0.15, 0.2) is 0 Å². The van der Waals surface area contributed by atoms with Gasteiger partial charge in [0.1, 0.15) is 0 Å². The Labute approximate surface area is 210 Å². The van der Waals surface area contributed by atoms with E-state index in [0.29, 0.717) is 12.5 Å². The van der Waals surface area contributed by atoms with Gasteiger partial charge in [-0.25, -0.2) is 4.98 Å². The van der Waals surface area contributed by atoms with Crippen molar-refractivity contribution >= 4 is 5.91 Å². The molecule has 0 saturated carbocycles. The zero-order valence-electron chi connectivity index (χ0n) is 20.5. The van der Waals surface area contributed by atoms with E-state index in [9.17, 15) is 14.7 Å². The van der Waals surface area contributed by atoms with E-state index >= 15 is 0 Å². The van der Waals surface area contributed by atoms with Gasteiger partial charge in [-0.15, -0.1) is 0 Å².